The van der Waals surface area contributed by atoms with Crippen LogP contribution in [0.3, 0.4) is 0 Å². The van der Waals surface area contributed by atoms with Gasteiger partial charge in [-0.1, -0.05) is 18.2 Å². The van der Waals surface area contributed by atoms with Crippen molar-refractivity contribution in [3.63, 3.8) is 0 Å². The van der Waals surface area contributed by atoms with Gasteiger partial charge in [0.1, 0.15) is 0 Å². The lowest BCUT2D eigenvalue weighted by Gasteiger charge is -2.21. The second kappa shape index (κ2) is 7.96. The van der Waals surface area contributed by atoms with Crippen molar-refractivity contribution in [1.82, 2.24) is 9.55 Å². The molecule has 3 aromatic rings. The number of anilines is 1. The van der Waals surface area contributed by atoms with Crippen LogP contribution in [0.5, 0.6) is 0 Å². The van der Waals surface area contributed by atoms with Gasteiger partial charge in [0.2, 0.25) is 0 Å². The maximum atomic E-state index is 12.5. The van der Waals surface area contributed by atoms with Gasteiger partial charge in [0.05, 0.1) is 11.3 Å². The Morgan fingerprint density at radius 2 is 1.71 bits per heavy atom. The number of amides is 1. The van der Waals surface area contributed by atoms with Gasteiger partial charge in [0.15, 0.2) is 6.10 Å². The molecule has 1 unspecified atom stereocenters. The van der Waals surface area contributed by atoms with Crippen LogP contribution in [0.15, 0.2) is 65.6 Å². The summed E-state index contributed by atoms with van der Waals surface area (Å²) in [4.78, 5) is 40.8. The van der Waals surface area contributed by atoms with E-state index in [0.717, 1.165) is 5.69 Å². The molecule has 0 saturated heterocycles. The lowest BCUT2D eigenvalue weighted by atomic mass is 10.2. The highest BCUT2D eigenvalue weighted by Gasteiger charge is 2.23. The summed E-state index contributed by atoms with van der Waals surface area (Å²) in [7, 11) is 1.63. The first-order chi connectivity index (χ1) is 13.4. The summed E-state index contributed by atoms with van der Waals surface area (Å²) in [6.45, 7) is 3.34. The number of nitrogens with one attached hydrogen (secondary N) is 1. The number of benzene rings is 2. The second-order valence-electron chi connectivity index (χ2n) is 6.40. The number of carbonyl (C=O) groups excluding carboxylic acids is 2. The van der Waals surface area contributed by atoms with E-state index >= 15 is 0 Å². The van der Waals surface area contributed by atoms with Crippen molar-refractivity contribution in [1.29, 1.82) is 0 Å². The SMILES string of the molecule is Cc1c[nH]c(=O)n1-c1ccc(C(=O)OC(C)C(=O)N(C)c2ccccc2)cc1. The fraction of sp³-hybridized carbons (Fsp3) is 0.190. The zero-order chi connectivity index (χ0) is 20.3. The van der Waals surface area contributed by atoms with Crippen molar-refractivity contribution < 1.29 is 14.3 Å². The third-order valence-electron chi connectivity index (χ3n) is 4.43. The van der Waals surface area contributed by atoms with Crippen LogP contribution in [0.25, 0.3) is 5.69 Å². The Balaban J connectivity index is 1.69. The van der Waals surface area contributed by atoms with Gasteiger partial charge in [-0.05, 0) is 50.2 Å². The number of nitrogens with zero attached hydrogens (tertiary/aromatic N) is 2. The van der Waals surface area contributed by atoms with Crippen LogP contribution in [0, 0.1) is 6.92 Å². The maximum Gasteiger partial charge on any atom is 0.338 e. The van der Waals surface area contributed by atoms with E-state index in [1.165, 1.54) is 16.4 Å². The number of aryl methyl sites for hydroxylation is 1. The van der Waals surface area contributed by atoms with Crippen LogP contribution in [0.1, 0.15) is 23.0 Å². The fourth-order valence-corrected chi connectivity index (χ4v) is 2.85. The smallest absolute Gasteiger partial charge is 0.338 e. The monoisotopic (exact) mass is 379 g/mol. The summed E-state index contributed by atoms with van der Waals surface area (Å²) >= 11 is 0. The Labute approximate surface area is 162 Å². The summed E-state index contributed by atoms with van der Waals surface area (Å²) in [6.07, 6.45) is 0.674. The van der Waals surface area contributed by atoms with E-state index in [9.17, 15) is 14.4 Å². The number of rotatable bonds is 5. The first-order valence-electron chi connectivity index (χ1n) is 8.79. The predicted molar refractivity (Wildman–Crippen MR) is 106 cm³/mol. The minimum Gasteiger partial charge on any atom is -0.449 e. The number of aromatic nitrogens is 2. The van der Waals surface area contributed by atoms with Gasteiger partial charge in [0, 0.05) is 24.6 Å². The Hall–Kier alpha value is -3.61. The second-order valence-corrected chi connectivity index (χ2v) is 6.40. The lowest BCUT2D eigenvalue weighted by Crippen LogP contribution is -2.37. The molecule has 0 aliphatic rings. The van der Waals surface area contributed by atoms with Gasteiger partial charge in [0.25, 0.3) is 5.91 Å². The lowest BCUT2D eigenvalue weighted by molar-refractivity contribution is -0.126. The Bertz CT molecular complexity index is 1040. The zero-order valence-corrected chi connectivity index (χ0v) is 15.9. The van der Waals surface area contributed by atoms with E-state index in [-0.39, 0.29) is 11.6 Å². The Morgan fingerprint density at radius 3 is 2.29 bits per heavy atom. The average Bonchev–Trinajstić information content (AvgIpc) is 3.05. The molecule has 1 aromatic heterocycles. The first-order valence-corrected chi connectivity index (χ1v) is 8.79. The van der Waals surface area contributed by atoms with Crippen LogP contribution in [-0.4, -0.2) is 34.6 Å². The molecule has 3 rings (SSSR count). The molecule has 7 heteroatoms. The molecule has 7 nitrogen and oxygen atoms in total. The summed E-state index contributed by atoms with van der Waals surface area (Å²) in [5, 5.41) is 0. The highest BCUT2D eigenvalue weighted by molar-refractivity contribution is 5.98. The molecule has 0 bridgehead atoms. The number of imidazole rings is 1. The largest absolute Gasteiger partial charge is 0.449 e. The van der Waals surface area contributed by atoms with Gasteiger partial charge in [-0.15, -0.1) is 0 Å². The number of ether oxygens (including phenoxy) is 1. The third-order valence-corrected chi connectivity index (χ3v) is 4.43. The van der Waals surface area contributed by atoms with Crippen molar-refractivity contribution in [2.75, 3.05) is 11.9 Å². The van der Waals surface area contributed by atoms with Crippen molar-refractivity contribution in [3.8, 4) is 5.69 Å². The van der Waals surface area contributed by atoms with E-state index in [0.29, 0.717) is 16.9 Å². The van der Waals surface area contributed by atoms with Crippen molar-refractivity contribution in [2.45, 2.75) is 20.0 Å². The first kappa shape index (κ1) is 19.2. The molecule has 0 aliphatic carbocycles. The van der Waals surface area contributed by atoms with Gasteiger partial charge in [-0.3, -0.25) is 9.36 Å². The number of aromatic amines is 1. The highest BCUT2D eigenvalue weighted by atomic mass is 16.5. The number of carbonyl (C=O) groups is 2. The molecule has 1 N–H and O–H groups in total. The molecule has 1 heterocycles. The van der Waals surface area contributed by atoms with Crippen LogP contribution in [0.2, 0.25) is 0 Å². The maximum absolute atomic E-state index is 12.5. The van der Waals surface area contributed by atoms with Gasteiger partial charge >= 0.3 is 11.7 Å². The summed E-state index contributed by atoms with van der Waals surface area (Å²) < 4.78 is 6.81. The molecular formula is C21H21N3O4. The van der Waals surface area contributed by atoms with Crippen LogP contribution >= 0.6 is 0 Å². The van der Waals surface area contributed by atoms with E-state index in [1.54, 1.807) is 56.6 Å². The molecule has 0 aliphatic heterocycles. The molecule has 28 heavy (non-hydrogen) atoms. The Kier molecular flexibility index (Phi) is 5.44. The molecule has 2 aromatic carbocycles. The molecule has 1 atom stereocenters. The predicted octanol–water partition coefficient (Wildman–Crippen LogP) is 2.68. The van der Waals surface area contributed by atoms with E-state index < -0.39 is 12.1 Å². The van der Waals surface area contributed by atoms with E-state index in [2.05, 4.69) is 4.98 Å². The molecule has 0 fully saturated rings. The number of hydrogen-bond donors (Lipinski definition) is 1. The number of likely N-dealkylation sites (N-methyl/N-ethyl adjacent to an activating group) is 1. The summed E-state index contributed by atoms with van der Waals surface area (Å²) in [5.74, 6) is -0.933. The fourth-order valence-electron chi connectivity index (χ4n) is 2.85. The Morgan fingerprint density at radius 1 is 1.07 bits per heavy atom. The zero-order valence-electron chi connectivity index (χ0n) is 15.9. The molecule has 0 spiro atoms. The molecular weight excluding hydrogens is 358 g/mol. The van der Waals surface area contributed by atoms with Crippen LogP contribution < -0.4 is 10.6 Å². The quantitative estimate of drug-likeness (QED) is 0.691. The van der Waals surface area contributed by atoms with E-state index in [4.69, 9.17) is 4.74 Å². The minimum absolute atomic E-state index is 0.254. The highest BCUT2D eigenvalue weighted by Crippen LogP contribution is 2.15. The van der Waals surface area contributed by atoms with Crippen molar-refractivity contribution in [2.24, 2.45) is 0 Å². The van der Waals surface area contributed by atoms with Crippen molar-refractivity contribution >= 4 is 17.6 Å². The number of esters is 1. The molecule has 0 saturated carbocycles. The topological polar surface area (TPSA) is 84.4 Å². The number of hydrogen-bond acceptors (Lipinski definition) is 4. The van der Waals surface area contributed by atoms with Gasteiger partial charge in [-0.2, -0.15) is 0 Å². The third kappa shape index (κ3) is 3.88. The molecule has 144 valence electrons. The van der Waals surface area contributed by atoms with Crippen LogP contribution in [0.4, 0.5) is 5.69 Å². The van der Waals surface area contributed by atoms with Crippen LogP contribution in [-0.2, 0) is 9.53 Å². The number of H-pyrrole nitrogens is 1. The minimum atomic E-state index is -0.938. The number of para-hydroxylation sites is 1. The van der Waals surface area contributed by atoms with Gasteiger partial charge in [-0.25, -0.2) is 9.59 Å². The molecule has 0 radical (unpaired) electrons. The molecule has 1 amide bonds. The summed E-state index contributed by atoms with van der Waals surface area (Å²) in [5.41, 5.74) is 2.15. The normalized spacial score (nSPS) is 11.7. The summed E-state index contributed by atoms with van der Waals surface area (Å²) in [6, 6.07) is 15.6. The average molecular weight is 379 g/mol. The van der Waals surface area contributed by atoms with Gasteiger partial charge < -0.3 is 14.6 Å². The standard InChI is InChI=1S/C21H21N3O4/c1-14-13-22-21(27)24(14)18-11-9-16(10-12-18)20(26)28-15(2)19(25)23(3)17-7-5-4-6-8-17/h4-13,15H,1-3H3,(H,22,27). The van der Waals surface area contributed by atoms with Crippen molar-refractivity contribution in [3.05, 3.63) is 82.5 Å². The van der Waals surface area contributed by atoms with E-state index in [1.807, 2.05) is 18.2 Å².